The molecule has 6 nitrogen and oxygen atoms in total. The van der Waals surface area contributed by atoms with Crippen LogP contribution in [0.2, 0.25) is 0 Å². The maximum atomic E-state index is 6.12. The summed E-state index contributed by atoms with van der Waals surface area (Å²) in [6.45, 7) is 13.8. The van der Waals surface area contributed by atoms with E-state index >= 15 is 0 Å². The Labute approximate surface area is 188 Å². The zero-order valence-electron chi connectivity index (χ0n) is 19.0. The second kappa shape index (κ2) is 10.8. The maximum absolute atomic E-state index is 6.12. The van der Waals surface area contributed by atoms with Gasteiger partial charge in [0.25, 0.3) is 0 Å². The first kappa shape index (κ1) is 25.2. The van der Waals surface area contributed by atoms with Crippen molar-refractivity contribution in [3.05, 3.63) is 17.5 Å². The minimum Gasteiger partial charge on any atom is -0.377 e. The first-order valence-corrected chi connectivity index (χ1v) is 10.2. The van der Waals surface area contributed by atoms with Crippen LogP contribution >= 0.6 is 24.0 Å². The van der Waals surface area contributed by atoms with Gasteiger partial charge >= 0.3 is 0 Å². The number of hydrogen-bond donors (Lipinski definition) is 1. The third kappa shape index (κ3) is 6.61. The SMILES string of the molecule is CN=C(NCC1CCCOC1C(C)(C)C)N(C)Cc1cn(C)nc1C(C)C.I. The fourth-order valence-corrected chi connectivity index (χ4v) is 4.11. The van der Waals surface area contributed by atoms with Crippen LogP contribution in [0.1, 0.15) is 64.6 Å². The highest BCUT2D eigenvalue weighted by Gasteiger charge is 2.35. The van der Waals surface area contributed by atoms with Gasteiger partial charge in [-0.05, 0) is 24.2 Å². The molecule has 1 fully saturated rings. The minimum atomic E-state index is 0. The Morgan fingerprint density at radius 2 is 2.11 bits per heavy atom. The normalized spacial score (nSPS) is 20.8. The molecule has 0 amide bonds. The Morgan fingerprint density at radius 1 is 1.43 bits per heavy atom. The summed E-state index contributed by atoms with van der Waals surface area (Å²) in [5.41, 5.74) is 2.57. The molecule has 1 saturated heterocycles. The molecule has 0 spiro atoms. The van der Waals surface area contributed by atoms with Gasteiger partial charge in [-0.25, -0.2) is 0 Å². The summed E-state index contributed by atoms with van der Waals surface area (Å²) in [6.07, 6.45) is 4.74. The molecule has 1 N–H and O–H groups in total. The Hall–Kier alpha value is -0.830. The van der Waals surface area contributed by atoms with E-state index in [1.165, 1.54) is 12.0 Å². The van der Waals surface area contributed by atoms with E-state index in [2.05, 4.69) is 68.2 Å². The van der Waals surface area contributed by atoms with Crippen molar-refractivity contribution in [2.45, 2.75) is 66.0 Å². The van der Waals surface area contributed by atoms with Crippen molar-refractivity contribution in [2.75, 3.05) is 27.2 Å². The second-order valence-corrected chi connectivity index (χ2v) is 9.21. The van der Waals surface area contributed by atoms with Gasteiger partial charge in [0.2, 0.25) is 0 Å². The first-order chi connectivity index (χ1) is 12.6. The zero-order chi connectivity index (χ0) is 20.2. The Balaban J connectivity index is 0.00000392. The lowest BCUT2D eigenvalue weighted by Gasteiger charge is -2.40. The first-order valence-electron chi connectivity index (χ1n) is 10.2. The molecule has 0 aromatic carbocycles. The number of aromatic nitrogens is 2. The number of ether oxygens (including phenoxy) is 1. The maximum Gasteiger partial charge on any atom is 0.193 e. The number of rotatable bonds is 5. The molecular weight excluding hydrogens is 465 g/mol. The van der Waals surface area contributed by atoms with Crippen molar-refractivity contribution in [2.24, 2.45) is 23.4 Å². The van der Waals surface area contributed by atoms with Crippen molar-refractivity contribution in [1.82, 2.24) is 20.0 Å². The van der Waals surface area contributed by atoms with Crippen molar-refractivity contribution >= 4 is 29.9 Å². The number of nitrogens with one attached hydrogen (secondary N) is 1. The zero-order valence-corrected chi connectivity index (χ0v) is 21.3. The standard InChI is InChI=1S/C21H39N5O.HI/c1-15(2)18-17(14-26(8)24-18)13-25(7)20(22-6)23-12-16-10-9-11-27-19(16)21(3,4)5;/h14-16,19H,9-13H2,1-8H3,(H,22,23);1H. The monoisotopic (exact) mass is 505 g/mol. The molecule has 0 saturated carbocycles. The smallest absolute Gasteiger partial charge is 0.193 e. The molecule has 2 rings (SSSR count). The van der Waals surface area contributed by atoms with Crippen LogP contribution in [-0.4, -0.2) is 54.0 Å². The summed E-state index contributed by atoms with van der Waals surface area (Å²) in [5, 5.41) is 8.20. The van der Waals surface area contributed by atoms with Crippen molar-refractivity contribution in [3.8, 4) is 0 Å². The van der Waals surface area contributed by atoms with Gasteiger partial charge in [-0.1, -0.05) is 34.6 Å². The number of aliphatic imine (C=N–C) groups is 1. The molecule has 2 heterocycles. The largest absolute Gasteiger partial charge is 0.377 e. The lowest BCUT2D eigenvalue weighted by Crippen LogP contribution is -2.47. The Kier molecular flexibility index (Phi) is 9.73. The topological polar surface area (TPSA) is 54.7 Å². The number of hydrogen-bond acceptors (Lipinski definition) is 3. The van der Waals surface area contributed by atoms with Crippen LogP contribution in [0.4, 0.5) is 0 Å². The second-order valence-electron chi connectivity index (χ2n) is 9.21. The fraction of sp³-hybridized carbons (Fsp3) is 0.810. The average molecular weight is 505 g/mol. The quantitative estimate of drug-likeness (QED) is 0.373. The van der Waals surface area contributed by atoms with E-state index < -0.39 is 0 Å². The predicted molar refractivity (Wildman–Crippen MR) is 127 cm³/mol. The lowest BCUT2D eigenvalue weighted by atomic mass is 9.78. The van der Waals surface area contributed by atoms with E-state index in [0.29, 0.717) is 11.8 Å². The summed E-state index contributed by atoms with van der Waals surface area (Å²) in [7, 11) is 5.92. The highest BCUT2D eigenvalue weighted by atomic mass is 127. The molecule has 1 aliphatic heterocycles. The number of guanidine groups is 1. The van der Waals surface area contributed by atoms with Gasteiger partial charge in [-0.3, -0.25) is 9.67 Å². The van der Waals surface area contributed by atoms with Gasteiger partial charge in [0, 0.05) is 58.5 Å². The fourth-order valence-electron chi connectivity index (χ4n) is 4.11. The van der Waals surface area contributed by atoms with Crippen LogP contribution in [0.5, 0.6) is 0 Å². The highest BCUT2D eigenvalue weighted by molar-refractivity contribution is 14.0. The molecule has 28 heavy (non-hydrogen) atoms. The van der Waals surface area contributed by atoms with Crippen molar-refractivity contribution in [3.63, 3.8) is 0 Å². The molecule has 0 aliphatic carbocycles. The van der Waals surface area contributed by atoms with E-state index in [1.54, 1.807) is 0 Å². The van der Waals surface area contributed by atoms with Crippen molar-refractivity contribution in [1.29, 1.82) is 0 Å². The summed E-state index contributed by atoms with van der Waals surface area (Å²) in [6, 6.07) is 0. The summed E-state index contributed by atoms with van der Waals surface area (Å²) >= 11 is 0. The number of nitrogens with zero attached hydrogens (tertiary/aromatic N) is 4. The van der Waals surface area contributed by atoms with E-state index in [9.17, 15) is 0 Å². The van der Waals surface area contributed by atoms with Crippen LogP contribution in [0.25, 0.3) is 0 Å². The van der Waals surface area contributed by atoms with Crippen LogP contribution in [0.15, 0.2) is 11.2 Å². The third-order valence-corrected chi connectivity index (χ3v) is 5.29. The van der Waals surface area contributed by atoms with Crippen LogP contribution < -0.4 is 5.32 Å². The molecule has 162 valence electrons. The van der Waals surface area contributed by atoms with Crippen molar-refractivity contribution < 1.29 is 4.74 Å². The molecule has 1 aromatic heterocycles. The minimum absolute atomic E-state index is 0. The Bertz CT molecular complexity index is 635. The lowest BCUT2D eigenvalue weighted by molar-refractivity contribution is -0.0836. The highest BCUT2D eigenvalue weighted by Crippen LogP contribution is 2.33. The van der Waals surface area contributed by atoms with Crippen LogP contribution in [0, 0.1) is 11.3 Å². The number of aryl methyl sites for hydroxylation is 1. The molecular formula is C21H40IN5O. The van der Waals surface area contributed by atoms with Gasteiger partial charge < -0.3 is 15.0 Å². The van der Waals surface area contributed by atoms with E-state index in [1.807, 2.05) is 18.8 Å². The van der Waals surface area contributed by atoms with Gasteiger partial charge in [-0.2, -0.15) is 5.10 Å². The molecule has 1 aliphatic rings. The molecule has 0 radical (unpaired) electrons. The van der Waals surface area contributed by atoms with Crippen LogP contribution in [-0.2, 0) is 18.3 Å². The number of halogens is 1. The van der Waals surface area contributed by atoms with Gasteiger partial charge in [0.05, 0.1) is 11.8 Å². The Morgan fingerprint density at radius 3 is 2.68 bits per heavy atom. The molecule has 2 atom stereocenters. The molecule has 2 unspecified atom stereocenters. The van der Waals surface area contributed by atoms with E-state index in [4.69, 9.17) is 4.74 Å². The summed E-state index contributed by atoms with van der Waals surface area (Å²) < 4.78 is 8.02. The molecule has 0 bridgehead atoms. The summed E-state index contributed by atoms with van der Waals surface area (Å²) in [4.78, 5) is 6.68. The molecule has 1 aromatic rings. The van der Waals surface area contributed by atoms with Gasteiger partial charge in [0.15, 0.2) is 5.96 Å². The van der Waals surface area contributed by atoms with E-state index in [-0.39, 0.29) is 35.5 Å². The van der Waals surface area contributed by atoms with E-state index in [0.717, 1.165) is 37.8 Å². The molecule has 7 heteroatoms. The predicted octanol–water partition coefficient (Wildman–Crippen LogP) is 4.01. The average Bonchev–Trinajstić information content (AvgIpc) is 2.95. The third-order valence-electron chi connectivity index (χ3n) is 5.29. The van der Waals surface area contributed by atoms with Crippen LogP contribution in [0.3, 0.4) is 0 Å². The van der Waals surface area contributed by atoms with Gasteiger partial charge in [-0.15, -0.1) is 24.0 Å². The summed E-state index contributed by atoms with van der Waals surface area (Å²) in [5.74, 6) is 1.84. The van der Waals surface area contributed by atoms with Gasteiger partial charge in [0.1, 0.15) is 0 Å².